The van der Waals surface area contributed by atoms with Crippen molar-refractivity contribution in [3.05, 3.63) is 11.3 Å². The molecule has 0 aromatic carbocycles. The Morgan fingerprint density at radius 3 is 2.52 bits per heavy atom. The van der Waals surface area contributed by atoms with E-state index in [9.17, 15) is 9.59 Å². The van der Waals surface area contributed by atoms with Crippen LogP contribution in [-0.4, -0.2) is 38.9 Å². The molecule has 1 aromatic heterocycles. The highest BCUT2D eigenvalue weighted by molar-refractivity contribution is 6.17. The second-order valence-corrected chi connectivity index (χ2v) is 6.28. The second-order valence-electron chi connectivity index (χ2n) is 5.90. The Morgan fingerprint density at radius 2 is 1.91 bits per heavy atom. The minimum atomic E-state index is -0.381. The van der Waals surface area contributed by atoms with E-state index in [4.69, 9.17) is 17.3 Å². The van der Waals surface area contributed by atoms with Gasteiger partial charge in [-0.1, -0.05) is 33.1 Å². The van der Waals surface area contributed by atoms with Crippen molar-refractivity contribution in [2.24, 2.45) is 0 Å². The number of unbranched alkanes of at least 4 members (excludes halogenated alkanes) is 2. The Balaban J connectivity index is 2.40. The van der Waals surface area contributed by atoms with Gasteiger partial charge in [0.25, 0.3) is 5.91 Å². The van der Waals surface area contributed by atoms with E-state index < -0.39 is 0 Å². The minimum absolute atomic E-state index is 0.143. The summed E-state index contributed by atoms with van der Waals surface area (Å²) in [6.45, 7) is 4.98. The van der Waals surface area contributed by atoms with E-state index in [1.54, 1.807) is 4.68 Å². The molecule has 0 spiro atoms. The fourth-order valence-corrected chi connectivity index (χ4v) is 3.19. The van der Waals surface area contributed by atoms with Crippen molar-refractivity contribution in [1.82, 2.24) is 14.7 Å². The van der Waals surface area contributed by atoms with E-state index in [0.717, 1.165) is 25.7 Å². The van der Waals surface area contributed by atoms with E-state index in [2.05, 4.69) is 12.0 Å². The molecule has 1 aromatic rings. The molecule has 7 heteroatoms. The summed E-state index contributed by atoms with van der Waals surface area (Å²) in [5.74, 6) is -0.165. The monoisotopic (exact) mass is 340 g/mol. The van der Waals surface area contributed by atoms with Crippen molar-refractivity contribution in [2.75, 3.05) is 18.2 Å². The normalized spacial score (nSPS) is 17.7. The van der Waals surface area contributed by atoms with Gasteiger partial charge in [0.2, 0.25) is 5.91 Å². The van der Waals surface area contributed by atoms with Gasteiger partial charge in [0, 0.05) is 12.4 Å². The van der Waals surface area contributed by atoms with Crippen LogP contribution < -0.4 is 5.73 Å². The number of halogens is 1. The zero-order valence-corrected chi connectivity index (χ0v) is 14.6. The van der Waals surface area contributed by atoms with E-state index >= 15 is 0 Å². The van der Waals surface area contributed by atoms with Gasteiger partial charge in [-0.2, -0.15) is 5.10 Å². The Kier molecular flexibility index (Phi) is 6.04. The number of anilines is 1. The first-order chi connectivity index (χ1) is 11.1. The number of carbonyl (C=O) groups is 2. The lowest BCUT2D eigenvalue weighted by Crippen LogP contribution is -2.45. The highest BCUT2D eigenvalue weighted by Crippen LogP contribution is 2.35. The average molecular weight is 341 g/mol. The predicted octanol–water partition coefficient (Wildman–Crippen LogP) is 2.76. The largest absolute Gasteiger partial charge is 0.383 e. The first-order valence-electron chi connectivity index (χ1n) is 8.34. The first-order valence-corrected chi connectivity index (χ1v) is 8.88. The van der Waals surface area contributed by atoms with Crippen LogP contribution in [0, 0.1) is 0 Å². The van der Waals surface area contributed by atoms with Gasteiger partial charge in [0.1, 0.15) is 11.4 Å². The lowest BCUT2D eigenvalue weighted by molar-refractivity contribution is -0.131. The fraction of sp³-hybridized carbons (Fsp3) is 0.688. The number of hydrogen-bond acceptors (Lipinski definition) is 4. The van der Waals surface area contributed by atoms with Gasteiger partial charge in [-0.05, 0) is 12.8 Å². The molecule has 2 amide bonds. The summed E-state index contributed by atoms with van der Waals surface area (Å²) in [5.41, 5.74) is 7.02. The maximum absolute atomic E-state index is 12.8. The maximum Gasteiger partial charge on any atom is 0.266 e. The first kappa shape index (κ1) is 17.8. The molecule has 2 heterocycles. The Morgan fingerprint density at radius 1 is 1.17 bits per heavy atom. The van der Waals surface area contributed by atoms with Gasteiger partial charge < -0.3 is 5.73 Å². The number of fused-ring (bicyclic) bond motifs is 1. The van der Waals surface area contributed by atoms with Crippen molar-refractivity contribution in [1.29, 1.82) is 0 Å². The van der Waals surface area contributed by atoms with Gasteiger partial charge in [-0.15, -0.1) is 11.6 Å². The van der Waals surface area contributed by atoms with Crippen LogP contribution in [0.3, 0.4) is 0 Å². The van der Waals surface area contributed by atoms with Crippen molar-refractivity contribution < 1.29 is 9.59 Å². The summed E-state index contributed by atoms with van der Waals surface area (Å²) in [4.78, 5) is 26.9. The van der Waals surface area contributed by atoms with Gasteiger partial charge in [-0.3, -0.25) is 14.5 Å². The van der Waals surface area contributed by atoms with Gasteiger partial charge in [-0.25, -0.2) is 4.68 Å². The number of aryl methyl sites for hydroxylation is 1. The molecule has 1 aliphatic heterocycles. The molecule has 0 bridgehead atoms. The molecule has 2 N–H and O–H groups in total. The summed E-state index contributed by atoms with van der Waals surface area (Å²) in [6, 6.07) is 0. The van der Waals surface area contributed by atoms with Crippen LogP contribution in [-0.2, 0) is 11.3 Å². The Labute approximate surface area is 142 Å². The highest BCUT2D eigenvalue weighted by atomic mass is 35.5. The second kappa shape index (κ2) is 7.81. The van der Waals surface area contributed by atoms with E-state index in [1.807, 2.05) is 6.92 Å². The van der Waals surface area contributed by atoms with Gasteiger partial charge >= 0.3 is 0 Å². The molecule has 0 saturated heterocycles. The Bertz CT molecular complexity index is 585. The number of hydrogen-bond donors (Lipinski definition) is 1. The molecular weight excluding hydrogens is 316 g/mol. The summed E-state index contributed by atoms with van der Waals surface area (Å²) < 4.78 is 1.54. The molecule has 0 fully saturated rings. The standard InChI is InChI=1S/C16H25ClN4O2/c1-3-5-6-9-20-15(22)11(7-4-2)13-12(16(20)23)14(18)21(19-13)10-8-17/h11H,3-10,18H2,1-2H3. The quantitative estimate of drug-likeness (QED) is 0.448. The van der Waals surface area contributed by atoms with Crippen LogP contribution in [0.5, 0.6) is 0 Å². The number of alkyl halides is 1. The van der Waals surface area contributed by atoms with E-state index in [1.165, 1.54) is 4.90 Å². The summed E-state index contributed by atoms with van der Waals surface area (Å²) in [7, 11) is 0. The van der Waals surface area contributed by atoms with Crippen molar-refractivity contribution in [3.8, 4) is 0 Å². The molecule has 1 atom stereocenters. The number of nitrogen functional groups attached to an aromatic ring is 1. The molecule has 2 rings (SSSR count). The molecule has 0 saturated carbocycles. The molecule has 128 valence electrons. The lowest BCUT2D eigenvalue weighted by atomic mass is 9.90. The average Bonchev–Trinajstić information content (AvgIpc) is 2.85. The molecular formula is C16H25ClN4O2. The SMILES string of the molecule is CCCCCN1C(=O)c2c(nn(CCCl)c2N)C(CCC)C1=O. The number of nitrogens with two attached hydrogens (primary N) is 1. The van der Waals surface area contributed by atoms with Gasteiger partial charge in [0.15, 0.2) is 0 Å². The zero-order valence-electron chi connectivity index (χ0n) is 13.8. The third-order valence-corrected chi connectivity index (χ3v) is 4.40. The van der Waals surface area contributed by atoms with Crippen LogP contribution in [0.15, 0.2) is 0 Å². The highest BCUT2D eigenvalue weighted by Gasteiger charge is 2.42. The number of imide groups is 1. The Hall–Kier alpha value is -1.56. The number of nitrogens with zero attached hydrogens (tertiary/aromatic N) is 3. The summed E-state index contributed by atoms with van der Waals surface area (Å²) in [6.07, 6.45) is 4.35. The molecule has 0 radical (unpaired) electrons. The lowest BCUT2D eigenvalue weighted by Gasteiger charge is -2.30. The van der Waals surface area contributed by atoms with Crippen molar-refractivity contribution in [3.63, 3.8) is 0 Å². The van der Waals surface area contributed by atoms with E-state index in [0.29, 0.717) is 42.5 Å². The molecule has 23 heavy (non-hydrogen) atoms. The number of aromatic nitrogens is 2. The van der Waals surface area contributed by atoms with Crippen LogP contribution >= 0.6 is 11.6 Å². The summed E-state index contributed by atoms with van der Waals surface area (Å²) in [5, 5.41) is 4.41. The van der Waals surface area contributed by atoms with Crippen LogP contribution in [0.4, 0.5) is 5.82 Å². The van der Waals surface area contributed by atoms with Gasteiger partial charge in [0.05, 0.1) is 18.2 Å². The number of carbonyl (C=O) groups excluding carboxylic acids is 2. The predicted molar refractivity (Wildman–Crippen MR) is 90.6 cm³/mol. The molecule has 1 aliphatic rings. The summed E-state index contributed by atoms with van der Waals surface area (Å²) >= 11 is 5.77. The zero-order chi connectivity index (χ0) is 17.0. The van der Waals surface area contributed by atoms with Crippen molar-refractivity contribution in [2.45, 2.75) is 58.4 Å². The molecule has 6 nitrogen and oxygen atoms in total. The minimum Gasteiger partial charge on any atom is -0.383 e. The smallest absolute Gasteiger partial charge is 0.266 e. The molecule has 0 aliphatic carbocycles. The topological polar surface area (TPSA) is 81.2 Å². The number of rotatable bonds is 8. The number of amides is 2. The molecule has 1 unspecified atom stereocenters. The van der Waals surface area contributed by atoms with Crippen LogP contribution in [0.25, 0.3) is 0 Å². The fourth-order valence-electron chi connectivity index (χ4n) is 3.03. The third kappa shape index (κ3) is 3.37. The third-order valence-electron chi connectivity index (χ3n) is 4.23. The van der Waals surface area contributed by atoms with Crippen LogP contribution in [0.1, 0.15) is 67.9 Å². The van der Waals surface area contributed by atoms with E-state index in [-0.39, 0.29) is 17.7 Å². The van der Waals surface area contributed by atoms with Crippen molar-refractivity contribution >= 4 is 29.2 Å². The maximum atomic E-state index is 12.8. The van der Waals surface area contributed by atoms with Crippen LogP contribution in [0.2, 0.25) is 0 Å².